The van der Waals surface area contributed by atoms with Gasteiger partial charge in [-0.1, -0.05) is 0 Å². The zero-order chi connectivity index (χ0) is 21.5. The third-order valence-electron chi connectivity index (χ3n) is 5.78. The first kappa shape index (κ1) is 19.4. The Morgan fingerprint density at radius 3 is 3.00 bits per heavy atom. The van der Waals surface area contributed by atoms with Gasteiger partial charge in [0.1, 0.15) is 17.1 Å². The van der Waals surface area contributed by atoms with Gasteiger partial charge in [0.05, 0.1) is 11.6 Å². The molecule has 5 rings (SSSR count). The van der Waals surface area contributed by atoms with Gasteiger partial charge in [-0.2, -0.15) is 0 Å². The van der Waals surface area contributed by atoms with Crippen molar-refractivity contribution >= 4 is 28.1 Å². The number of aromatic amines is 1. The molecule has 0 aromatic carbocycles. The lowest BCUT2D eigenvalue weighted by atomic mass is 9.98. The number of pyridine rings is 1. The van der Waals surface area contributed by atoms with E-state index in [-0.39, 0.29) is 11.9 Å². The number of nitrogens with zero attached hydrogens (tertiary/aromatic N) is 5. The van der Waals surface area contributed by atoms with Gasteiger partial charge in [-0.25, -0.2) is 28.5 Å². The molecule has 2 amide bonds. The predicted octanol–water partition coefficient (Wildman–Crippen LogP) is 3.30. The highest BCUT2D eigenvalue weighted by Crippen LogP contribution is 2.28. The summed E-state index contributed by atoms with van der Waals surface area (Å²) in [6.07, 6.45) is 7.53. The molecule has 0 aliphatic carbocycles. The Labute approximate surface area is 176 Å². The zero-order valence-corrected chi connectivity index (χ0v) is 16.9. The summed E-state index contributed by atoms with van der Waals surface area (Å²) in [6.45, 7) is 1.86. The molecule has 8 nitrogen and oxygen atoms in total. The number of fused-ring (bicyclic) bond motifs is 2. The second-order valence-electron chi connectivity index (χ2n) is 7.82. The van der Waals surface area contributed by atoms with Gasteiger partial charge >= 0.3 is 6.03 Å². The molecule has 160 valence electrons. The van der Waals surface area contributed by atoms with E-state index < -0.39 is 11.6 Å². The fraction of sp³-hybridized carbons (Fsp3) is 0.333. The Morgan fingerprint density at radius 2 is 2.16 bits per heavy atom. The highest BCUT2D eigenvalue weighted by Gasteiger charge is 2.24. The van der Waals surface area contributed by atoms with Crippen LogP contribution in [0.5, 0.6) is 0 Å². The quantitative estimate of drug-likeness (QED) is 0.527. The van der Waals surface area contributed by atoms with Crippen molar-refractivity contribution in [2.75, 3.05) is 20.1 Å². The normalized spacial score (nSPS) is 16.9. The first-order chi connectivity index (χ1) is 15.0. The molecular weight excluding hydrogens is 404 g/mol. The first-order valence-corrected chi connectivity index (χ1v) is 10.1. The van der Waals surface area contributed by atoms with Gasteiger partial charge in [-0.05, 0) is 24.8 Å². The van der Waals surface area contributed by atoms with E-state index in [2.05, 4.69) is 25.3 Å². The van der Waals surface area contributed by atoms with Crippen molar-refractivity contribution in [3.8, 4) is 11.4 Å². The molecule has 4 aromatic rings. The lowest BCUT2D eigenvalue weighted by Gasteiger charge is -2.32. The highest BCUT2D eigenvalue weighted by molar-refractivity contribution is 5.92. The predicted molar refractivity (Wildman–Crippen MR) is 111 cm³/mol. The molecule has 1 atom stereocenters. The Kier molecular flexibility index (Phi) is 4.76. The van der Waals surface area contributed by atoms with E-state index in [1.54, 1.807) is 22.7 Å². The van der Waals surface area contributed by atoms with E-state index in [4.69, 9.17) is 0 Å². The summed E-state index contributed by atoms with van der Waals surface area (Å²) in [4.78, 5) is 29.7. The number of hydrogen-bond donors (Lipinski definition) is 2. The van der Waals surface area contributed by atoms with Gasteiger partial charge in [0.25, 0.3) is 0 Å². The fourth-order valence-corrected chi connectivity index (χ4v) is 4.29. The number of hydrogen-bond acceptors (Lipinski definition) is 4. The van der Waals surface area contributed by atoms with Crippen LogP contribution in [-0.4, -0.2) is 55.6 Å². The number of piperidine rings is 1. The van der Waals surface area contributed by atoms with Gasteiger partial charge in [-0.15, -0.1) is 0 Å². The summed E-state index contributed by atoms with van der Waals surface area (Å²) < 4.78 is 30.0. The SMILES string of the molecule is CNC(=O)N1CCCC(Cn2cc(F)c3cnc(-c4c[nH]c5ncc(F)cc45)nc32)C1. The standard InChI is InChI=1S/C21H21F2N7O/c1-24-21(31)29-4-2-3-12(9-29)10-30-11-17(23)16-8-27-19(28-20(16)30)15-7-26-18-14(15)5-13(22)6-25-18/h5-8,11-12H,2-4,9-10H2,1H3,(H,24,31)(H,25,26). The number of halogens is 2. The summed E-state index contributed by atoms with van der Waals surface area (Å²) in [6, 6.07) is 1.27. The lowest BCUT2D eigenvalue weighted by molar-refractivity contribution is 0.161. The van der Waals surface area contributed by atoms with E-state index in [0.717, 1.165) is 19.0 Å². The highest BCUT2D eigenvalue weighted by atomic mass is 19.1. The number of carbonyl (C=O) groups excluding carboxylic acids is 1. The number of amides is 2. The number of likely N-dealkylation sites (tertiary alicyclic amines) is 1. The van der Waals surface area contributed by atoms with Crippen LogP contribution in [-0.2, 0) is 6.54 Å². The Hall–Kier alpha value is -3.56. The molecule has 0 bridgehead atoms. The van der Waals surface area contributed by atoms with Crippen molar-refractivity contribution < 1.29 is 13.6 Å². The van der Waals surface area contributed by atoms with Crippen LogP contribution >= 0.6 is 0 Å². The van der Waals surface area contributed by atoms with Crippen molar-refractivity contribution in [3.05, 3.63) is 42.5 Å². The summed E-state index contributed by atoms with van der Waals surface area (Å²) in [7, 11) is 1.62. The largest absolute Gasteiger partial charge is 0.345 e. The number of carbonyl (C=O) groups is 1. The van der Waals surface area contributed by atoms with Crippen LogP contribution in [0.2, 0.25) is 0 Å². The number of H-pyrrole nitrogens is 1. The fourth-order valence-electron chi connectivity index (χ4n) is 4.29. The van der Waals surface area contributed by atoms with Gasteiger partial charge in [0.2, 0.25) is 0 Å². The van der Waals surface area contributed by atoms with Crippen molar-refractivity contribution in [3.63, 3.8) is 0 Å². The van der Waals surface area contributed by atoms with Crippen LogP contribution in [0.1, 0.15) is 12.8 Å². The maximum atomic E-state index is 14.6. The van der Waals surface area contributed by atoms with Gasteiger partial charge < -0.3 is 19.8 Å². The summed E-state index contributed by atoms with van der Waals surface area (Å²) in [5.74, 6) is -0.305. The molecule has 0 radical (unpaired) electrons. The maximum absolute atomic E-state index is 14.6. The monoisotopic (exact) mass is 425 g/mol. The van der Waals surface area contributed by atoms with Crippen LogP contribution < -0.4 is 5.32 Å². The van der Waals surface area contributed by atoms with E-state index in [9.17, 15) is 13.6 Å². The minimum Gasteiger partial charge on any atom is -0.345 e. The van der Waals surface area contributed by atoms with Crippen LogP contribution in [0.4, 0.5) is 13.6 Å². The lowest BCUT2D eigenvalue weighted by Crippen LogP contribution is -2.45. The van der Waals surface area contributed by atoms with E-state index in [1.165, 1.54) is 18.5 Å². The molecule has 1 saturated heterocycles. The van der Waals surface area contributed by atoms with E-state index in [0.29, 0.717) is 53.1 Å². The van der Waals surface area contributed by atoms with Crippen LogP contribution in [0.3, 0.4) is 0 Å². The zero-order valence-electron chi connectivity index (χ0n) is 16.9. The molecule has 2 N–H and O–H groups in total. The van der Waals surface area contributed by atoms with Crippen molar-refractivity contribution in [2.24, 2.45) is 5.92 Å². The third-order valence-corrected chi connectivity index (χ3v) is 5.78. The number of rotatable bonds is 3. The molecular formula is C21H21F2N7O. The van der Waals surface area contributed by atoms with Crippen molar-refractivity contribution in [2.45, 2.75) is 19.4 Å². The van der Waals surface area contributed by atoms with Gasteiger partial charge in [-0.3, -0.25) is 0 Å². The van der Waals surface area contributed by atoms with Crippen molar-refractivity contribution in [1.82, 2.24) is 34.7 Å². The van der Waals surface area contributed by atoms with Crippen molar-refractivity contribution in [1.29, 1.82) is 0 Å². The molecule has 5 heterocycles. The number of nitrogens with one attached hydrogen (secondary N) is 2. The number of aromatic nitrogens is 5. The summed E-state index contributed by atoms with van der Waals surface area (Å²) in [5.41, 5.74) is 1.59. The van der Waals surface area contributed by atoms with E-state index >= 15 is 0 Å². The number of urea groups is 1. The Balaban J connectivity index is 1.50. The van der Waals surface area contributed by atoms with Crippen LogP contribution in [0.15, 0.2) is 30.9 Å². The topological polar surface area (TPSA) is 91.7 Å². The molecule has 31 heavy (non-hydrogen) atoms. The molecule has 0 spiro atoms. The maximum Gasteiger partial charge on any atom is 0.317 e. The third kappa shape index (κ3) is 3.47. The van der Waals surface area contributed by atoms with Crippen LogP contribution in [0, 0.1) is 17.6 Å². The van der Waals surface area contributed by atoms with E-state index in [1.807, 2.05) is 0 Å². The first-order valence-electron chi connectivity index (χ1n) is 10.1. The smallest absolute Gasteiger partial charge is 0.317 e. The Morgan fingerprint density at radius 1 is 1.29 bits per heavy atom. The average Bonchev–Trinajstić information content (AvgIpc) is 3.33. The van der Waals surface area contributed by atoms with Crippen LogP contribution in [0.25, 0.3) is 33.5 Å². The molecule has 1 aliphatic heterocycles. The second-order valence-corrected chi connectivity index (χ2v) is 7.82. The second kappa shape index (κ2) is 7.60. The summed E-state index contributed by atoms with van der Waals surface area (Å²) >= 11 is 0. The molecule has 10 heteroatoms. The van der Waals surface area contributed by atoms with Gasteiger partial charge in [0, 0.05) is 56.2 Å². The average molecular weight is 425 g/mol. The molecule has 1 unspecified atom stereocenters. The minimum atomic E-state index is -0.457. The van der Waals surface area contributed by atoms with Gasteiger partial charge in [0.15, 0.2) is 11.6 Å². The molecule has 4 aromatic heterocycles. The molecule has 1 fully saturated rings. The molecule has 1 aliphatic rings. The molecule has 0 saturated carbocycles. The Bertz CT molecular complexity index is 1280. The summed E-state index contributed by atoms with van der Waals surface area (Å²) in [5, 5.41) is 3.55. The minimum absolute atomic E-state index is 0.0990.